The van der Waals surface area contributed by atoms with E-state index in [2.05, 4.69) is 31.8 Å². The summed E-state index contributed by atoms with van der Waals surface area (Å²) in [4.78, 5) is 26.8. The summed E-state index contributed by atoms with van der Waals surface area (Å²) < 4.78 is 2.18. The fourth-order valence-electron chi connectivity index (χ4n) is 6.71. The van der Waals surface area contributed by atoms with Crippen LogP contribution in [-0.4, -0.2) is 42.9 Å². The van der Waals surface area contributed by atoms with E-state index in [0.29, 0.717) is 23.6 Å². The Morgan fingerprint density at radius 1 is 1.28 bits per heavy atom. The molecule has 196 valence electrons. The summed E-state index contributed by atoms with van der Waals surface area (Å²) in [5.41, 5.74) is 10.0. The van der Waals surface area contributed by atoms with Gasteiger partial charge in [-0.3, -0.25) is 15.2 Å². The van der Waals surface area contributed by atoms with E-state index >= 15 is 0 Å². The summed E-state index contributed by atoms with van der Waals surface area (Å²) in [5.74, 6) is 2.90. The van der Waals surface area contributed by atoms with E-state index in [4.69, 9.17) is 28.0 Å². The van der Waals surface area contributed by atoms with Crippen LogP contribution in [0.3, 0.4) is 0 Å². The number of carbonyl (C=O) groups is 1. The van der Waals surface area contributed by atoms with Crippen molar-refractivity contribution in [2.45, 2.75) is 56.5 Å². The van der Waals surface area contributed by atoms with Crippen LogP contribution in [0.15, 0.2) is 42.9 Å². The Morgan fingerprint density at radius 3 is 2.79 bits per heavy atom. The molecule has 2 saturated carbocycles. The largest absolute Gasteiger partial charge is 0.383 e. The standard InChI is InChI=1S/C30H30N8O/c1-3-22-23(20-14-19-6-4-5-7-21(19)34-15-20)24-26(33)35-17-36-27(24)38(22)30-11-9-29(16-30,10-12-30)37-28(39)25(32)18(2)8-13-31/h1,4-7,13-15,17-18,31-32H,8-12,16H2,2H3,(H,37,39)(H2,33,35,36)/p+1/t18-,29?,30?/m1/s1. The number of rotatable bonds is 7. The molecule has 39 heavy (non-hydrogen) atoms. The molecule has 6 rings (SSSR count). The summed E-state index contributed by atoms with van der Waals surface area (Å²) in [6.07, 6.45) is 15.3. The van der Waals surface area contributed by atoms with Crippen molar-refractivity contribution >= 4 is 45.6 Å². The third kappa shape index (κ3) is 3.78. The highest BCUT2D eigenvalue weighted by Crippen LogP contribution is 2.57. The highest BCUT2D eigenvalue weighted by atomic mass is 16.2. The fourth-order valence-corrected chi connectivity index (χ4v) is 6.71. The molecule has 9 heteroatoms. The van der Waals surface area contributed by atoms with Gasteiger partial charge in [-0.15, -0.1) is 6.42 Å². The van der Waals surface area contributed by atoms with Gasteiger partial charge in [0.05, 0.1) is 16.8 Å². The molecule has 1 atom stereocenters. The molecular weight excluding hydrogens is 488 g/mol. The maximum atomic E-state index is 13.1. The van der Waals surface area contributed by atoms with Crippen molar-refractivity contribution in [3.05, 3.63) is 48.5 Å². The summed E-state index contributed by atoms with van der Waals surface area (Å²) >= 11 is 0. The molecule has 2 fully saturated rings. The van der Waals surface area contributed by atoms with Crippen molar-refractivity contribution in [3.63, 3.8) is 0 Å². The molecule has 0 radical (unpaired) electrons. The molecule has 1 aromatic carbocycles. The number of aromatic nitrogens is 4. The molecule has 3 aromatic heterocycles. The molecule has 2 bridgehead atoms. The van der Waals surface area contributed by atoms with Gasteiger partial charge in [0.1, 0.15) is 23.5 Å². The van der Waals surface area contributed by atoms with E-state index in [1.165, 1.54) is 12.5 Å². The van der Waals surface area contributed by atoms with Gasteiger partial charge in [-0.05, 0) is 56.9 Å². The van der Waals surface area contributed by atoms with Crippen LogP contribution in [0.5, 0.6) is 0 Å². The molecule has 2 aliphatic carbocycles. The maximum Gasteiger partial charge on any atom is 0.311 e. The Bertz CT molecular complexity index is 1700. The summed E-state index contributed by atoms with van der Waals surface area (Å²) in [6.45, 7) is 1.86. The zero-order valence-corrected chi connectivity index (χ0v) is 21.9. The number of fused-ring (bicyclic) bond motifs is 4. The lowest BCUT2D eigenvalue weighted by atomic mass is 9.90. The number of carbonyl (C=O) groups excluding carboxylic acids is 1. The quantitative estimate of drug-likeness (QED) is 0.219. The van der Waals surface area contributed by atoms with Crippen LogP contribution >= 0.6 is 0 Å². The number of nitrogens with one attached hydrogen (secondary N) is 2. The van der Waals surface area contributed by atoms with E-state index in [1.807, 2.05) is 37.4 Å². The van der Waals surface area contributed by atoms with Crippen molar-refractivity contribution in [2.24, 2.45) is 5.92 Å². The van der Waals surface area contributed by atoms with Gasteiger partial charge in [0.15, 0.2) is 0 Å². The first kappa shape index (κ1) is 24.7. The Labute approximate surface area is 226 Å². The predicted octanol–water partition coefficient (Wildman–Crippen LogP) is 2.61. The number of benzene rings is 1. The highest BCUT2D eigenvalue weighted by molar-refractivity contribution is 6.37. The first-order valence-corrected chi connectivity index (χ1v) is 13.2. The van der Waals surface area contributed by atoms with Crippen LogP contribution in [0.2, 0.25) is 0 Å². The van der Waals surface area contributed by atoms with Crippen molar-refractivity contribution in [1.29, 1.82) is 5.41 Å². The Morgan fingerprint density at radius 2 is 2.05 bits per heavy atom. The lowest BCUT2D eigenvalue weighted by Gasteiger charge is -2.30. The summed E-state index contributed by atoms with van der Waals surface area (Å²) in [7, 11) is 0. The number of nitrogen functional groups attached to an aromatic ring is 1. The highest BCUT2D eigenvalue weighted by Gasteiger charge is 2.57. The molecule has 2 aliphatic rings. The number of hydrogen-bond donors (Lipinski definition) is 4. The SMILES string of the molecule is C#Cc1c(-c2cnc3ccccc3c2)c2c(N)ncnc2n1C12CCC(NC(=O)C(=[NH2+])[C@H](C)CC=N)(CC1)C2. The van der Waals surface area contributed by atoms with E-state index < -0.39 is 0 Å². The number of para-hydroxylation sites is 1. The molecule has 6 N–H and O–H groups in total. The normalized spacial score (nSPS) is 22.6. The van der Waals surface area contributed by atoms with Crippen LogP contribution in [-0.2, 0) is 10.3 Å². The van der Waals surface area contributed by atoms with Gasteiger partial charge < -0.3 is 21.0 Å². The summed E-state index contributed by atoms with van der Waals surface area (Å²) in [6, 6.07) is 10.0. The monoisotopic (exact) mass is 519 g/mol. The first-order valence-electron chi connectivity index (χ1n) is 13.2. The molecule has 0 saturated heterocycles. The van der Waals surface area contributed by atoms with Gasteiger partial charge in [-0.25, -0.2) is 9.97 Å². The average molecular weight is 520 g/mol. The summed E-state index contributed by atoms with van der Waals surface area (Å²) in [5, 5.41) is 18.5. The minimum absolute atomic E-state index is 0.189. The molecule has 9 nitrogen and oxygen atoms in total. The molecular formula is C30H31N8O+. The smallest absolute Gasteiger partial charge is 0.311 e. The maximum absolute atomic E-state index is 13.1. The number of pyridine rings is 1. The van der Waals surface area contributed by atoms with Gasteiger partial charge >= 0.3 is 5.91 Å². The minimum Gasteiger partial charge on any atom is -0.383 e. The molecule has 0 unspecified atom stereocenters. The average Bonchev–Trinajstić information content (AvgIpc) is 3.61. The second kappa shape index (κ2) is 9.02. The van der Waals surface area contributed by atoms with E-state index in [0.717, 1.165) is 59.5 Å². The lowest BCUT2D eigenvalue weighted by molar-refractivity contribution is -0.141. The van der Waals surface area contributed by atoms with Crippen LogP contribution in [0.25, 0.3) is 33.1 Å². The van der Waals surface area contributed by atoms with Gasteiger partial charge in [-0.2, -0.15) is 0 Å². The number of amides is 1. The van der Waals surface area contributed by atoms with Crippen molar-refractivity contribution in [2.75, 3.05) is 5.73 Å². The first-order chi connectivity index (χ1) is 18.8. The zero-order valence-electron chi connectivity index (χ0n) is 21.9. The third-order valence-corrected chi connectivity index (χ3v) is 8.72. The van der Waals surface area contributed by atoms with Crippen LogP contribution in [0, 0.1) is 23.7 Å². The third-order valence-electron chi connectivity index (χ3n) is 8.72. The topological polar surface area (TPSA) is 148 Å². The number of anilines is 1. The van der Waals surface area contributed by atoms with Gasteiger partial charge in [0.25, 0.3) is 0 Å². The molecule has 3 heterocycles. The Hall–Kier alpha value is -4.58. The molecule has 4 aromatic rings. The number of nitrogens with zero attached hydrogens (tertiary/aromatic N) is 4. The van der Waals surface area contributed by atoms with Gasteiger partial charge in [-0.1, -0.05) is 31.0 Å². The van der Waals surface area contributed by atoms with Crippen LogP contribution in [0.4, 0.5) is 5.82 Å². The minimum atomic E-state index is -0.377. The van der Waals surface area contributed by atoms with Gasteiger partial charge in [0, 0.05) is 33.8 Å². The Kier molecular flexibility index (Phi) is 5.72. The lowest BCUT2D eigenvalue weighted by Crippen LogP contribution is -2.57. The van der Waals surface area contributed by atoms with Crippen molar-refractivity contribution < 1.29 is 10.2 Å². The van der Waals surface area contributed by atoms with E-state index in [1.54, 1.807) is 0 Å². The second-order valence-electron chi connectivity index (χ2n) is 11.0. The number of terminal acetylenes is 1. The fraction of sp³-hybridized carbons (Fsp3) is 0.333. The number of nitrogens with two attached hydrogens (primary N) is 2. The number of hydrogen-bond acceptors (Lipinski definition) is 6. The molecule has 0 spiro atoms. The Balaban J connectivity index is 1.45. The van der Waals surface area contributed by atoms with E-state index in [9.17, 15) is 4.79 Å². The zero-order chi connectivity index (χ0) is 27.4. The molecule has 1 amide bonds. The van der Waals surface area contributed by atoms with Crippen molar-refractivity contribution in [3.8, 4) is 23.5 Å². The second-order valence-corrected chi connectivity index (χ2v) is 11.0. The van der Waals surface area contributed by atoms with Crippen LogP contribution in [0.1, 0.15) is 51.1 Å². The predicted molar refractivity (Wildman–Crippen MR) is 152 cm³/mol. The van der Waals surface area contributed by atoms with Crippen molar-refractivity contribution in [1.82, 2.24) is 24.8 Å². The van der Waals surface area contributed by atoms with Gasteiger partial charge in [0.2, 0.25) is 5.71 Å². The molecule has 0 aliphatic heterocycles. The van der Waals surface area contributed by atoms with E-state index in [-0.39, 0.29) is 28.6 Å². The van der Waals surface area contributed by atoms with Crippen LogP contribution < -0.4 is 16.5 Å².